The summed E-state index contributed by atoms with van der Waals surface area (Å²) in [4.78, 5) is 13.6. The molecule has 0 aromatic carbocycles. The standard InChI is InChI=1S/C12H24N2O3/c1-4-13-12(3,11(15)16)5-6-14-7-8-17-9-10(14)2/h10,13H,4-9H2,1-3H3,(H,15,16). The smallest absolute Gasteiger partial charge is 0.323 e. The molecular formula is C12H24N2O3. The number of morpholine rings is 1. The summed E-state index contributed by atoms with van der Waals surface area (Å²) in [6.07, 6.45) is 0.612. The van der Waals surface area contributed by atoms with Gasteiger partial charge >= 0.3 is 5.97 Å². The van der Waals surface area contributed by atoms with E-state index in [1.165, 1.54) is 0 Å². The number of rotatable bonds is 6. The lowest BCUT2D eigenvalue weighted by molar-refractivity contribution is -0.144. The molecule has 5 nitrogen and oxygen atoms in total. The molecule has 0 spiro atoms. The first-order chi connectivity index (χ1) is 7.99. The summed E-state index contributed by atoms with van der Waals surface area (Å²) in [5.74, 6) is -0.778. The van der Waals surface area contributed by atoms with Crippen molar-refractivity contribution in [2.24, 2.45) is 0 Å². The second-order valence-corrected chi connectivity index (χ2v) is 4.88. The molecule has 2 N–H and O–H groups in total. The molecule has 100 valence electrons. The Morgan fingerprint density at radius 1 is 1.65 bits per heavy atom. The van der Waals surface area contributed by atoms with Gasteiger partial charge in [0.15, 0.2) is 0 Å². The van der Waals surface area contributed by atoms with Gasteiger partial charge in [0.1, 0.15) is 5.54 Å². The fourth-order valence-corrected chi connectivity index (χ4v) is 2.12. The molecule has 17 heavy (non-hydrogen) atoms. The van der Waals surface area contributed by atoms with Crippen LogP contribution in [0.2, 0.25) is 0 Å². The third kappa shape index (κ3) is 3.94. The van der Waals surface area contributed by atoms with Crippen LogP contribution in [-0.4, -0.2) is 60.4 Å². The molecule has 1 heterocycles. The van der Waals surface area contributed by atoms with Gasteiger partial charge in [-0.1, -0.05) is 6.92 Å². The second-order valence-electron chi connectivity index (χ2n) is 4.88. The molecule has 5 heteroatoms. The van der Waals surface area contributed by atoms with Crippen LogP contribution in [0, 0.1) is 0 Å². The average molecular weight is 244 g/mol. The monoisotopic (exact) mass is 244 g/mol. The Morgan fingerprint density at radius 3 is 2.88 bits per heavy atom. The lowest BCUT2D eigenvalue weighted by Crippen LogP contribution is -2.53. The number of carboxylic acid groups (broad SMARTS) is 1. The Balaban J connectivity index is 2.48. The highest BCUT2D eigenvalue weighted by Crippen LogP contribution is 2.14. The largest absolute Gasteiger partial charge is 0.480 e. The highest BCUT2D eigenvalue weighted by atomic mass is 16.5. The van der Waals surface area contributed by atoms with Crippen LogP contribution >= 0.6 is 0 Å². The zero-order valence-electron chi connectivity index (χ0n) is 11.0. The molecule has 0 amide bonds. The van der Waals surface area contributed by atoms with Crippen molar-refractivity contribution in [1.29, 1.82) is 0 Å². The normalized spacial score (nSPS) is 25.5. The number of hydrogen-bond acceptors (Lipinski definition) is 4. The van der Waals surface area contributed by atoms with Gasteiger partial charge in [-0.25, -0.2) is 0 Å². The number of nitrogens with one attached hydrogen (secondary N) is 1. The molecule has 0 aliphatic carbocycles. The predicted molar refractivity (Wildman–Crippen MR) is 66.2 cm³/mol. The summed E-state index contributed by atoms with van der Waals surface area (Å²) >= 11 is 0. The van der Waals surface area contributed by atoms with Gasteiger partial charge in [0, 0.05) is 19.1 Å². The van der Waals surface area contributed by atoms with Crippen molar-refractivity contribution in [3.63, 3.8) is 0 Å². The maximum absolute atomic E-state index is 11.3. The maximum atomic E-state index is 11.3. The lowest BCUT2D eigenvalue weighted by Gasteiger charge is -2.35. The molecule has 1 rings (SSSR count). The Morgan fingerprint density at radius 2 is 2.35 bits per heavy atom. The Bertz CT molecular complexity index is 260. The molecule has 0 aromatic rings. The van der Waals surface area contributed by atoms with Crippen molar-refractivity contribution < 1.29 is 14.6 Å². The summed E-state index contributed by atoms with van der Waals surface area (Å²) in [6.45, 7) is 9.64. The fraction of sp³-hybridized carbons (Fsp3) is 0.917. The van der Waals surface area contributed by atoms with Gasteiger partial charge in [-0.15, -0.1) is 0 Å². The van der Waals surface area contributed by atoms with E-state index in [0.717, 1.165) is 26.3 Å². The Kier molecular flexibility index (Phi) is 5.36. The third-order valence-corrected chi connectivity index (χ3v) is 3.44. The van der Waals surface area contributed by atoms with Crippen LogP contribution in [0.5, 0.6) is 0 Å². The quantitative estimate of drug-likeness (QED) is 0.714. The van der Waals surface area contributed by atoms with E-state index < -0.39 is 11.5 Å². The lowest BCUT2D eigenvalue weighted by atomic mass is 9.97. The number of carbonyl (C=O) groups is 1. The van der Waals surface area contributed by atoms with Crippen molar-refractivity contribution in [1.82, 2.24) is 10.2 Å². The molecule has 1 aliphatic rings. The van der Waals surface area contributed by atoms with E-state index in [1.54, 1.807) is 6.92 Å². The van der Waals surface area contributed by atoms with E-state index in [1.807, 2.05) is 6.92 Å². The minimum Gasteiger partial charge on any atom is -0.480 e. The zero-order chi connectivity index (χ0) is 12.9. The molecule has 0 aromatic heterocycles. The Labute approximate surface area is 103 Å². The maximum Gasteiger partial charge on any atom is 0.323 e. The van der Waals surface area contributed by atoms with Gasteiger partial charge in [-0.3, -0.25) is 9.69 Å². The number of carboxylic acids is 1. The Hall–Kier alpha value is -0.650. The van der Waals surface area contributed by atoms with E-state index in [4.69, 9.17) is 4.74 Å². The number of aliphatic carboxylic acids is 1. The highest BCUT2D eigenvalue weighted by Gasteiger charge is 2.33. The third-order valence-electron chi connectivity index (χ3n) is 3.44. The molecule has 2 atom stereocenters. The number of hydrogen-bond donors (Lipinski definition) is 2. The summed E-state index contributed by atoms with van der Waals surface area (Å²) in [6, 6.07) is 0.378. The SMILES string of the molecule is CCNC(C)(CCN1CCOCC1C)C(=O)O. The molecule has 1 fully saturated rings. The van der Waals surface area contributed by atoms with Gasteiger partial charge in [-0.05, 0) is 26.8 Å². The zero-order valence-corrected chi connectivity index (χ0v) is 11.0. The van der Waals surface area contributed by atoms with Gasteiger partial charge in [0.2, 0.25) is 0 Å². The first-order valence-corrected chi connectivity index (χ1v) is 6.30. The molecule has 1 aliphatic heterocycles. The van der Waals surface area contributed by atoms with E-state index in [0.29, 0.717) is 19.0 Å². The van der Waals surface area contributed by atoms with E-state index in [9.17, 15) is 9.90 Å². The van der Waals surface area contributed by atoms with Gasteiger partial charge in [0.25, 0.3) is 0 Å². The van der Waals surface area contributed by atoms with Gasteiger partial charge in [0.05, 0.1) is 13.2 Å². The first kappa shape index (κ1) is 14.4. The number of likely N-dealkylation sites (N-methyl/N-ethyl adjacent to an activating group) is 1. The minimum atomic E-state index is -0.827. The molecule has 0 saturated carbocycles. The van der Waals surface area contributed by atoms with Crippen LogP contribution in [0.3, 0.4) is 0 Å². The molecular weight excluding hydrogens is 220 g/mol. The van der Waals surface area contributed by atoms with Crippen LogP contribution < -0.4 is 5.32 Å². The summed E-state index contributed by atoms with van der Waals surface area (Å²) < 4.78 is 5.37. The van der Waals surface area contributed by atoms with Crippen LogP contribution in [0.4, 0.5) is 0 Å². The van der Waals surface area contributed by atoms with E-state index in [-0.39, 0.29) is 0 Å². The summed E-state index contributed by atoms with van der Waals surface area (Å²) in [7, 11) is 0. The second kappa shape index (κ2) is 6.33. The molecule has 0 bridgehead atoms. The van der Waals surface area contributed by atoms with Crippen molar-refractivity contribution in [2.75, 3.05) is 32.8 Å². The van der Waals surface area contributed by atoms with Crippen molar-refractivity contribution in [3.8, 4) is 0 Å². The van der Waals surface area contributed by atoms with Crippen LogP contribution in [0.25, 0.3) is 0 Å². The minimum absolute atomic E-state index is 0.378. The van der Waals surface area contributed by atoms with Crippen molar-refractivity contribution in [2.45, 2.75) is 38.8 Å². The van der Waals surface area contributed by atoms with Gasteiger partial charge in [-0.2, -0.15) is 0 Å². The van der Waals surface area contributed by atoms with Crippen LogP contribution in [0.1, 0.15) is 27.2 Å². The van der Waals surface area contributed by atoms with Crippen LogP contribution in [-0.2, 0) is 9.53 Å². The number of ether oxygens (including phenoxy) is 1. The number of nitrogens with zero attached hydrogens (tertiary/aromatic N) is 1. The predicted octanol–water partition coefficient (Wildman–Crippen LogP) is 0.550. The van der Waals surface area contributed by atoms with Gasteiger partial charge < -0.3 is 15.2 Å². The average Bonchev–Trinajstić information content (AvgIpc) is 2.28. The summed E-state index contributed by atoms with van der Waals surface area (Å²) in [5.41, 5.74) is -0.827. The van der Waals surface area contributed by atoms with Crippen LogP contribution in [0.15, 0.2) is 0 Å². The molecule has 0 radical (unpaired) electrons. The summed E-state index contributed by atoms with van der Waals surface area (Å²) in [5, 5.41) is 12.3. The fourth-order valence-electron chi connectivity index (χ4n) is 2.12. The van der Waals surface area contributed by atoms with E-state index >= 15 is 0 Å². The van der Waals surface area contributed by atoms with Crippen molar-refractivity contribution >= 4 is 5.97 Å². The first-order valence-electron chi connectivity index (χ1n) is 6.30. The van der Waals surface area contributed by atoms with Crippen molar-refractivity contribution in [3.05, 3.63) is 0 Å². The molecule has 2 unspecified atom stereocenters. The molecule has 1 saturated heterocycles. The van der Waals surface area contributed by atoms with E-state index in [2.05, 4.69) is 17.1 Å². The highest BCUT2D eigenvalue weighted by molar-refractivity contribution is 5.78. The topological polar surface area (TPSA) is 61.8 Å².